The van der Waals surface area contributed by atoms with E-state index in [9.17, 15) is 22.8 Å². The number of alkyl halides is 3. The third-order valence-electron chi connectivity index (χ3n) is 2.94. The molecule has 2 heterocycles. The van der Waals surface area contributed by atoms with Crippen LogP contribution in [0.25, 0.3) is 0 Å². The molecule has 5 N–H and O–H groups in total. The van der Waals surface area contributed by atoms with Crippen LogP contribution in [0.5, 0.6) is 0 Å². The van der Waals surface area contributed by atoms with Crippen molar-refractivity contribution in [2.24, 2.45) is 5.73 Å². The summed E-state index contributed by atoms with van der Waals surface area (Å²) in [6, 6.07) is 4.30. The van der Waals surface area contributed by atoms with E-state index in [1.54, 1.807) is 0 Å². The van der Waals surface area contributed by atoms with Gasteiger partial charge >= 0.3 is 6.18 Å². The zero-order valence-corrected chi connectivity index (χ0v) is 12.1. The summed E-state index contributed by atoms with van der Waals surface area (Å²) in [7, 11) is 0. The van der Waals surface area contributed by atoms with Gasteiger partial charge in [0.1, 0.15) is 17.3 Å². The Kier molecular flexibility index (Phi) is 4.67. The molecule has 0 unspecified atom stereocenters. The molecular weight excluding hydrogens is 327 g/mol. The first-order valence-corrected chi connectivity index (χ1v) is 6.55. The van der Waals surface area contributed by atoms with Gasteiger partial charge in [-0.15, -0.1) is 0 Å². The van der Waals surface area contributed by atoms with E-state index in [1.165, 1.54) is 18.3 Å². The van der Waals surface area contributed by atoms with Crippen LogP contribution in [0.1, 0.15) is 21.6 Å². The highest BCUT2D eigenvalue weighted by molar-refractivity contribution is 6.11. The van der Waals surface area contributed by atoms with Crippen molar-refractivity contribution >= 4 is 23.3 Å². The maximum Gasteiger partial charge on any atom is 0.418 e. The molecule has 2 aromatic heterocycles. The van der Waals surface area contributed by atoms with Crippen LogP contribution >= 0.6 is 0 Å². The van der Waals surface area contributed by atoms with Crippen molar-refractivity contribution in [3.63, 3.8) is 0 Å². The molecule has 0 aromatic carbocycles. The molecule has 0 fully saturated rings. The van der Waals surface area contributed by atoms with Crippen LogP contribution in [0.2, 0.25) is 0 Å². The van der Waals surface area contributed by atoms with E-state index in [0.717, 1.165) is 6.07 Å². The van der Waals surface area contributed by atoms with Gasteiger partial charge in [0.05, 0.1) is 17.7 Å². The molecule has 0 radical (unpaired) electrons. The fraction of sp³-hybridized carbons (Fsp3) is 0.143. The number of nitrogens with one attached hydrogen (secondary N) is 1. The van der Waals surface area contributed by atoms with E-state index in [4.69, 9.17) is 11.5 Å². The van der Waals surface area contributed by atoms with Crippen molar-refractivity contribution < 1.29 is 22.8 Å². The van der Waals surface area contributed by atoms with E-state index in [-0.39, 0.29) is 23.7 Å². The Hall–Kier alpha value is -3.17. The van der Waals surface area contributed by atoms with Gasteiger partial charge in [-0.3, -0.25) is 9.59 Å². The number of hydrogen-bond acceptors (Lipinski definition) is 6. The molecule has 2 aromatic rings. The van der Waals surface area contributed by atoms with Crippen molar-refractivity contribution in [2.75, 3.05) is 17.6 Å². The van der Waals surface area contributed by atoms with Crippen LogP contribution in [0.15, 0.2) is 30.5 Å². The molecular formula is C14H12F3N5O2. The van der Waals surface area contributed by atoms with E-state index < -0.39 is 29.1 Å². The highest BCUT2D eigenvalue weighted by atomic mass is 19.4. The Morgan fingerprint density at radius 1 is 1.21 bits per heavy atom. The summed E-state index contributed by atoms with van der Waals surface area (Å²) in [5.41, 5.74) is 8.21. The van der Waals surface area contributed by atoms with Gasteiger partial charge in [0.25, 0.3) is 0 Å². The molecule has 0 aliphatic carbocycles. The minimum atomic E-state index is -4.79. The molecule has 2 rings (SSSR count). The minimum absolute atomic E-state index is 0.104. The largest absolute Gasteiger partial charge is 0.418 e. The monoisotopic (exact) mass is 339 g/mol. The fourth-order valence-corrected chi connectivity index (χ4v) is 1.87. The van der Waals surface area contributed by atoms with Crippen LogP contribution in [-0.2, 0) is 11.0 Å². The first-order valence-electron chi connectivity index (χ1n) is 6.55. The topological polar surface area (TPSA) is 124 Å². The van der Waals surface area contributed by atoms with Gasteiger partial charge in [0, 0.05) is 6.20 Å². The quantitative estimate of drug-likeness (QED) is 0.703. The van der Waals surface area contributed by atoms with Gasteiger partial charge in [-0.25, -0.2) is 9.97 Å². The van der Waals surface area contributed by atoms with Gasteiger partial charge in [0.15, 0.2) is 0 Å². The predicted octanol–water partition coefficient (Wildman–Crippen LogP) is 1.21. The number of amides is 1. The summed E-state index contributed by atoms with van der Waals surface area (Å²) in [4.78, 5) is 30.5. The number of primary amides is 1. The highest BCUT2D eigenvalue weighted by Gasteiger charge is 2.37. The van der Waals surface area contributed by atoms with E-state index >= 15 is 0 Å². The smallest absolute Gasteiger partial charge is 0.383 e. The molecule has 0 aliphatic heterocycles. The number of nitrogens with zero attached hydrogens (tertiary/aromatic N) is 2. The molecule has 0 bridgehead atoms. The number of carbonyl (C=O) groups excluding carboxylic acids is 2. The Balaban J connectivity index is 2.51. The number of ketones is 1. The maximum absolute atomic E-state index is 13.1. The number of rotatable bonds is 5. The maximum atomic E-state index is 13.1. The van der Waals surface area contributed by atoms with Crippen molar-refractivity contribution in [3.05, 3.63) is 47.3 Å². The Morgan fingerprint density at radius 2 is 1.92 bits per heavy atom. The van der Waals surface area contributed by atoms with E-state index in [2.05, 4.69) is 15.3 Å². The summed E-state index contributed by atoms with van der Waals surface area (Å²) < 4.78 is 39.4. The van der Waals surface area contributed by atoms with Crippen LogP contribution in [0, 0.1) is 0 Å². The van der Waals surface area contributed by atoms with Crippen LogP contribution in [0.4, 0.5) is 24.8 Å². The van der Waals surface area contributed by atoms with Gasteiger partial charge in [-0.1, -0.05) is 0 Å². The molecule has 0 saturated heterocycles. The molecule has 24 heavy (non-hydrogen) atoms. The summed E-state index contributed by atoms with van der Waals surface area (Å²) in [6.07, 6.45) is -3.49. The first kappa shape index (κ1) is 17.2. The highest BCUT2D eigenvalue weighted by Crippen LogP contribution is 2.33. The van der Waals surface area contributed by atoms with Crippen molar-refractivity contribution in [1.29, 1.82) is 0 Å². The Labute approximate surface area is 133 Å². The molecule has 0 atom stereocenters. The molecule has 1 amide bonds. The van der Waals surface area contributed by atoms with Crippen LogP contribution < -0.4 is 16.8 Å². The average Bonchev–Trinajstić information content (AvgIpc) is 2.51. The standard InChI is InChI=1S/C14H12F3N5O2/c15-14(16,17)8-3-4-10(21-6-9(18)23)22-11(8)12(24)7-2-1-5-20-13(7)19/h1-5H,6H2,(H2,18,23)(H2,19,20)(H,21,22). The van der Waals surface area contributed by atoms with Gasteiger partial charge in [-0.05, 0) is 24.3 Å². The van der Waals surface area contributed by atoms with E-state index in [0.29, 0.717) is 6.07 Å². The summed E-state index contributed by atoms with van der Waals surface area (Å²) >= 11 is 0. The normalized spacial score (nSPS) is 11.1. The number of nitrogens with two attached hydrogens (primary N) is 2. The molecule has 10 heteroatoms. The number of pyridine rings is 2. The van der Waals surface area contributed by atoms with Crippen molar-refractivity contribution in [1.82, 2.24) is 9.97 Å². The second kappa shape index (κ2) is 6.52. The third-order valence-corrected chi connectivity index (χ3v) is 2.94. The lowest BCUT2D eigenvalue weighted by Gasteiger charge is -2.13. The molecule has 0 saturated carbocycles. The number of anilines is 2. The zero-order valence-electron chi connectivity index (χ0n) is 12.1. The Morgan fingerprint density at radius 3 is 2.50 bits per heavy atom. The van der Waals surface area contributed by atoms with Crippen LogP contribution in [0.3, 0.4) is 0 Å². The number of halogens is 3. The van der Waals surface area contributed by atoms with E-state index in [1.807, 2.05) is 0 Å². The number of aromatic nitrogens is 2. The zero-order chi connectivity index (χ0) is 17.9. The lowest BCUT2D eigenvalue weighted by molar-refractivity contribution is -0.138. The first-order chi connectivity index (χ1) is 11.2. The molecule has 0 aliphatic rings. The molecule has 7 nitrogen and oxygen atoms in total. The SMILES string of the molecule is NC(=O)CNc1ccc(C(F)(F)F)c(C(=O)c2cccnc2N)n1. The number of hydrogen-bond donors (Lipinski definition) is 3. The predicted molar refractivity (Wildman–Crippen MR) is 79.0 cm³/mol. The number of carbonyl (C=O) groups is 2. The van der Waals surface area contributed by atoms with Gasteiger partial charge in [0.2, 0.25) is 11.7 Å². The average molecular weight is 339 g/mol. The molecule has 126 valence electrons. The Bertz CT molecular complexity index is 792. The summed E-state index contributed by atoms with van der Waals surface area (Å²) in [6.45, 7) is -0.346. The lowest BCUT2D eigenvalue weighted by atomic mass is 10.0. The summed E-state index contributed by atoms with van der Waals surface area (Å²) in [5, 5.41) is 2.43. The summed E-state index contributed by atoms with van der Waals surface area (Å²) in [5.74, 6) is -2.09. The molecule has 0 spiro atoms. The van der Waals surface area contributed by atoms with Crippen LogP contribution in [-0.4, -0.2) is 28.2 Å². The van der Waals surface area contributed by atoms with Crippen molar-refractivity contribution in [3.8, 4) is 0 Å². The number of nitrogen functional groups attached to an aromatic ring is 1. The lowest BCUT2D eigenvalue weighted by Crippen LogP contribution is -2.23. The van der Waals surface area contributed by atoms with Gasteiger partial charge in [-0.2, -0.15) is 13.2 Å². The second-order valence-electron chi connectivity index (χ2n) is 4.68. The fourth-order valence-electron chi connectivity index (χ4n) is 1.87. The second-order valence-corrected chi connectivity index (χ2v) is 4.68. The van der Waals surface area contributed by atoms with Crippen molar-refractivity contribution in [2.45, 2.75) is 6.18 Å². The third kappa shape index (κ3) is 3.77. The minimum Gasteiger partial charge on any atom is -0.383 e. The van der Waals surface area contributed by atoms with Gasteiger partial charge < -0.3 is 16.8 Å².